The second kappa shape index (κ2) is 22.2. The maximum absolute atomic E-state index is 12.3. The van der Waals surface area contributed by atoms with E-state index in [2.05, 4.69) is 44.6 Å². The first kappa shape index (κ1) is 45.2. The molecule has 0 unspecified atom stereocenters. The Bertz CT molecular complexity index is 954. The van der Waals surface area contributed by atoms with E-state index < -0.39 is 27.8 Å². The van der Waals surface area contributed by atoms with Gasteiger partial charge in [0.2, 0.25) is 0 Å². The Kier molecular flexibility index (Phi) is 20.5. The van der Waals surface area contributed by atoms with Crippen LogP contribution < -0.4 is 11.1 Å². The van der Waals surface area contributed by atoms with Gasteiger partial charge in [-0.2, -0.15) is 0 Å². The zero-order valence-corrected chi connectivity index (χ0v) is 35.5. The van der Waals surface area contributed by atoms with E-state index in [-0.39, 0.29) is 24.3 Å². The molecule has 0 aromatic rings. The zero-order valence-electron chi connectivity index (χ0n) is 33.5. The van der Waals surface area contributed by atoms with Crippen LogP contribution in [0.3, 0.4) is 0 Å². The zero-order chi connectivity index (χ0) is 37.3. The number of amides is 3. The van der Waals surface area contributed by atoms with Gasteiger partial charge in [0, 0.05) is 49.4 Å². The van der Waals surface area contributed by atoms with E-state index in [1.807, 2.05) is 20.8 Å². The number of hydrogen-bond donors (Lipinski definition) is 2. The molecule has 0 heterocycles. The molecule has 0 spiro atoms. The van der Waals surface area contributed by atoms with Crippen molar-refractivity contribution in [1.82, 2.24) is 15.1 Å². The molecule has 2 saturated carbocycles. The molecule has 0 bridgehead atoms. The average molecular weight is 729 g/mol. The van der Waals surface area contributed by atoms with Crippen molar-refractivity contribution in [1.29, 1.82) is 0 Å². The molecule has 2 rings (SSSR count). The number of nitrogens with one attached hydrogen (secondary N) is 1. The summed E-state index contributed by atoms with van der Waals surface area (Å²) in [5, 5.41) is 2.98. The van der Waals surface area contributed by atoms with Crippen LogP contribution in [0.5, 0.6) is 0 Å². The molecule has 0 radical (unpaired) electrons. The molecule has 10 nitrogen and oxygen atoms in total. The minimum absolute atomic E-state index is 0.0719. The van der Waals surface area contributed by atoms with Crippen LogP contribution in [-0.4, -0.2) is 102 Å². The number of nitrogens with zero attached hydrogens (tertiary/aromatic N) is 2. The Morgan fingerprint density at radius 2 is 1.12 bits per heavy atom. The third-order valence-electron chi connectivity index (χ3n) is 9.21. The van der Waals surface area contributed by atoms with Gasteiger partial charge in [0.15, 0.2) is 0 Å². The number of nitrogens with two attached hydrogens (primary N) is 1. The lowest BCUT2D eigenvalue weighted by Gasteiger charge is -2.30. The lowest BCUT2D eigenvalue weighted by atomic mass is 9.85. The lowest BCUT2D eigenvalue weighted by Crippen LogP contribution is -2.47. The van der Waals surface area contributed by atoms with Crippen LogP contribution >= 0.6 is 0 Å². The van der Waals surface area contributed by atoms with Gasteiger partial charge in [-0.3, -0.25) is 0 Å². The van der Waals surface area contributed by atoms with E-state index in [0.29, 0.717) is 32.2 Å². The molecule has 2 aliphatic rings. The van der Waals surface area contributed by atoms with Crippen molar-refractivity contribution in [3.05, 3.63) is 0 Å². The summed E-state index contributed by atoms with van der Waals surface area (Å²) in [4.78, 5) is 39.8. The van der Waals surface area contributed by atoms with Crippen LogP contribution in [0.1, 0.15) is 97.8 Å². The van der Waals surface area contributed by atoms with Crippen LogP contribution in [0.15, 0.2) is 0 Å². The standard InChI is InChI=1S/C21H42N2O4Si.C16H34N2O2Si/c1-21(2,3)27-19(24)22-18(15-17-11-9-8-10-12-17)16-23(4)20(25)26-13-14-28(5,6)7;1-18(16(19)20-10-11-21(2,3)4)13-15(17)12-14-8-6-5-7-9-14/h17-18H,8-16H2,1-7H3,(H,22,24);14-15H,5-13,17H2,1-4H3/t18-;15-/m00/s1. The van der Waals surface area contributed by atoms with E-state index in [0.717, 1.165) is 30.8 Å². The van der Waals surface area contributed by atoms with Gasteiger partial charge in [0.25, 0.3) is 0 Å². The Labute approximate surface area is 302 Å². The third kappa shape index (κ3) is 24.1. The Morgan fingerprint density at radius 3 is 1.53 bits per heavy atom. The van der Waals surface area contributed by atoms with Crippen LogP contribution in [0, 0.1) is 11.8 Å². The molecule has 288 valence electrons. The monoisotopic (exact) mass is 729 g/mol. The maximum Gasteiger partial charge on any atom is 0.409 e. The summed E-state index contributed by atoms with van der Waals surface area (Å²) in [5.74, 6) is 1.34. The summed E-state index contributed by atoms with van der Waals surface area (Å²) in [6.07, 6.45) is 13.8. The topological polar surface area (TPSA) is 123 Å². The predicted molar refractivity (Wildman–Crippen MR) is 208 cm³/mol. The molecule has 3 N–H and O–H groups in total. The second-order valence-electron chi connectivity index (χ2n) is 18.2. The van der Waals surface area contributed by atoms with E-state index >= 15 is 0 Å². The Hall–Kier alpha value is -1.80. The van der Waals surface area contributed by atoms with Crippen molar-refractivity contribution in [2.24, 2.45) is 17.6 Å². The second-order valence-corrected chi connectivity index (χ2v) is 29.4. The van der Waals surface area contributed by atoms with E-state index in [1.165, 1.54) is 64.2 Å². The number of hydrogen-bond acceptors (Lipinski definition) is 7. The van der Waals surface area contributed by atoms with Crippen molar-refractivity contribution < 1.29 is 28.6 Å². The van der Waals surface area contributed by atoms with Crippen LogP contribution in [0.2, 0.25) is 51.4 Å². The third-order valence-corrected chi connectivity index (χ3v) is 12.6. The maximum atomic E-state index is 12.3. The van der Waals surface area contributed by atoms with Gasteiger partial charge in [-0.25, -0.2) is 14.4 Å². The fraction of sp³-hybridized carbons (Fsp3) is 0.919. The highest BCUT2D eigenvalue weighted by atomic mass is 28.3. The summed E-state index contributed by atoms with van der Waals surface area (Å²) in [6.45, 7) is 21.2. The number of likely N-dealkylation sites (N-methyl/N-ethyl adjacent to an activating group) is 2. The minimum Gasteiger partial charge on any atom is -0.450 e. The van der Waals surface area contributed by atoms with E-state index in [9.17, 15) is 14.4 Å². The van der Waals surface area contributed by atoms with Crippen molar-refractivity contribution >= 4 is 34.4 Å². The van der Waals surface area contributed by atoms with Gasteiger partial charge >= 0.3 is 18.3 Å². The van der Waals surface area contributed by atoms with Crippen LogP contribution in [0.4, 0.5) is 14.4 Å². The SMILES string of the molecule is CN(C[C@@H](N)CC1CCCCC1)C(=O)OCC[Si](C)(C)C.CN(C[C@H](CC1CCCCC1)NC(=O)OC(C)(C)C)C(=O)OCC[Si](C)(C)C. The van der Waals surface area contributed by atoms with Gasteiger partial charge in [0.05, 0.1) is 19.3 Å². The Morgan fingerprint density at radius 1 is 0.714 bits per heavy atom. The smallest absolute Gasteiger partial charge is 0.409 e. The summed E-state index contributed by atoms with van der Waals surface area (Å²) >= 11 is 0. The fourth-order valence-corrected chi connectivity index (χ4v) is 7.77. The van der Waals surface area contributed by atoms with Gasteiger partial charge < -0.3 is 35.1 Å². The largest absolute Gasteiger partial charge is 0.450 e. The molecule has 0 saturated heterocycles. The fourth-order valence-electron chi connectivity index (χ4n) is 6.34. The van der Waals surface area contributed by atoms with E-state index in [4.69, 9.17) is 19.9 Å². The first-order valence-corrected chi connectivity index (χ1v) is 26.6. The molecule has 2 atom stereocenters. The van der Waals surface area contributed by atoms with Crippen molar-refractivity contribution in [2.45, 2.75) is 167 Å². The lowest BCUT2D eigenvalue weighted by molar-refractivity contribution is 0.0476. The number of alkyl carbamates (subject to hydrolysis) is 1. The quantitative estimate of drug-likeness (QED) is 0.127. The number of ether oxygens (including phenoxy) is 3. The van der Waals surface area contributed by atoms with Crippen molar-refractivity contribution in [3.63, 3.8) is 0 Å². The molecular weight excluding hydrogens is 653 g/mol. The van der Waals surface area contributed by atoms with Gasteiger partial charge in [-0.15, -0.1) is 0 Å². The first-order chi connectivity index (χ1) is 22.6. The molecule has 0 aromatic heterocycles. The predicted octanol–water partition coefficient (Wildman–Crippen LogP) is 8.95. The first-order valence-electron chi connectivity index (χ1n) is 19.1. The summed E-state index contributed by atoms with van der Waals surface area (Å²) in [5.41, 5.74) is 5.66. The van der Waals surface area contributed by atoms with Crippen LogP contribution in [0.25, 0.3) is 0 Å². The minimum atomic E-state index is -1.23. The molecule has 49 heavy (non-hydrogen) atoms. The number of carbonyl (C=O) groups is 3. The molecule has 0 aromatic carbocycles. The number of carbonyl (C=O) groups excluding carboxylic acids is 3. The van der Waals surface area contributed by atoms with Crippen molar-refractivity contribution in [3.8, 4) is 0 Å². The molecule has 3 amide bonds. The molecule has 2 fully saturated rings. The van der Waals surface area contributed by atoms with Gasteiger partial charge in [-0.1, -0.05) is 103 Å². The molecule has 12 heteroatoms. The Balaban J connectivity index is 0.000000510. The summed E-state index contributed by atoms with van der Waals surface area (Å²) < 4.78 is 16.2. The summed E-state index contributed by atoms with van der Waals surface area (Å²) in [7, 11) is 1.15. The highest BCUT2D eigenvalue weighted by Gasteiger charge is 2.26. The molecule has 0 aliphatic heterocycles. The molecule has 2 aliphatic carbocycles. The van der Waals surface area contributed by atoms with E-state index in [1.54, 1.807) is 23.9 Å². The van der Waals surface area contributed by atoms with Gasteiger partial charge in [0.1, 0.15) is 5.60 Å². The normalized spacial score (nSPS) is 17.6. The van der Waals surface area contributed by atoms with Crippen LogP contribution in [-0.2, 0) is 14.2 Å². The molecular formula is C37H76N4O6Si2. The van der Waals surface area contributed by atoms with Crippen molar-refractivity contribution in [2.75, 3.05) is 40.4 Å². The number of rotatable bonds is 15. The highest BCUT2D eigenvalue weighted by Crippen LogP contribution is 2.28. The highest BCUT2D eigenvalue weighted by molar-refractivity contribution is 6.76. The summed E-state index contributed by atoms with van der Waals surface area (Å²) in [6, 6.07) is 1.91. The van der Waals surface area contributed by atoms with Gasteiger partial charge in [-0.05, 0) is 57.5 Å². The average Bonchev–Trinajstić information content (AvgIpc) is 2.96.